The lowest BCUT2D eigenvalue weighted by Gasteiger charge is -2.15. The zero-order valence-corrected chi connectivity index (χ0v) is 15.4. The van der Waals surface area contributed by atoms with Crippen molar-refractivity contribution < 1.29 is 17.9 Å². The van der Waals surface area contributed by atoms with Crippen LogP contribution in [0.5, 0.6) is 0 Å². The number of non-ortho nitro benzene ring substituents is 1. The van der Waals surface area contributed by atoms with Crippen LogP contribution in [0, 0.1) is 17.0 Å². The number of aryl methyl sites for hydroxylation is 1. The van der Waals surface area contributed by atoms with Crippen LogP contribution in [-0.4, -0.2) is 34.8 Å². The molecule has 0 saturated carbocycles. The minimum absolute atomic E-state index is 0.0496. The average molecular weight is 388 g/mol. The Bertz CT molecular complexity index is 1060. The van der Waals surface area contributed by atoms with E-state index in [-0.39, 0.29) is 28.8 Å². The van der Waals surface area contributed by atoms with E-state index in [2.05, 4.69) is 10.1 Å². The lowest BCUT2D eigenvalue weighted by atomic mass is 10.2. The minimum atomic E-state index is -3.69. The predicted octanol–water partition coefficient (Wildman–Crippen LogP) is 2.77. The van der Waals surface area contributed by atoms with Crippen molar-refractivity contribution in [2.75, 3.05) is 7.05 Å². The van der Waals surface area contributed by atoms with Crippen LogP contribution in [0.1, 0.15) is 11.5 Å². The summed E-state index contributed by atoms with van der Waals surface area (Å²) in [6.45, 7) is 1.77. The van der Waals surface area contributed by atoms with Crippen LogP contribution in [-0.2, 0) is 16.6 Å². The maximum Gasteiger partial charge on any atom is 0.269 e. The molecule has 0 unspecified atom stereocenters. The molecule has 0 atom stereocenters. The smallest absolute Gasteiger partial charge is 0.269 e. The number of rotatable bonds is 6. The highest BCUT2D eigenvalue weighted by Gasteiger charge is 2.23. The Morgan fingerprint density at radius 3 is 2.33 bits per heavy atom. The van der Waals surface area contributed by atoms with Crippen molar-refractivity contribution >= 4 is 15.7 Å². The van der Waals surface area contributed by atoms with Gasteiger partial charge < -0.3 is 4.52 Å². The third-order valence-electron chi connectivity index (χ3n) is 3.89. The van der Waals surface area contributed by atoms with Crippen molar-refractivity contribution in [3.05, 3.63) is 70.1 Å². The third-order valence-corrected chi connectivity index (χ3v) is 5.71. The topological polar surface area (TPSA) is 119 Å². The normalized spacial score (nSPS) is 11.7. The summed E-state index contributed by atoms with van der Waals surface area (Å²) in [6, 6.07) is 12.2. The number of hydrogen-bond acceptors (Lipinski definition) is 7. The van der Waals surface area contributed by atoms with Crippen LogP contribution in [0.25, 0.3) is 11.4 Å². The molecule has 0 spiro atoms. The van der Waals surface area contributed by atoms with Crippen LogP contribution in [0.3, 0.4) is 0 Å². The molecular weight excluding hydrogens is 372 g/mol. The summed E-state index contributed by atoms with van der Waals surface area (Å²) in [6.07, 6.45) is 0. The van der Waals surface area contributed by atoms with Crippen molar-refractivity contribution in [3.63, 3.8) is 0 Å². The number of hydrogen-bond donors (Lipinski definition) is 0. The Kier molecular flexibility index (Phi) is 5.02. The monoisotopic (exact) mass is 388 g/mol. The zero-order chi connectivity index (χ0) is 19.6. The molecule has 2 aromatic carbocycles. The van der Waals surface area contributed by atoms with E-state index in [4.69, 9.17) is 4.52 Å². The van der Waals surface area contributed by atoms with Gasteiger partial charge in [-0.2, -0.15) is 9.29 Å². The fraction of sp³-hybridized carbons (Fsp3) is 0.176. The van der Waals surface area contributed by atoms with Gasteiger partial charge in [0.25, 0.3) is 5.69 Å². The highest BCUT2D eigenvalue weighted by Crippen LogP contribution is 2.21. The third kappa shape index (κ3) is 4.01. The number of nitrogens with zero attached hydrogens (tertiary/aromatic N) is 4. The first kappa shape index (κ1) is 18.7. The molecule has 0 fully saturated rings. The largest absolute Gasteiger partial charge is 0.338 e. The van der Waals surface area contributed by atoms with E-state index in [0.29, 0.717) is 5.56 Å². The van der Waals surface area contributed by atoms with E-state index in [1.54, 1.807) is 12.1 Å². The van der Waals surface area contributed by atoms with Gasteiger partial charge in [-0.1, -0.05) is 22.9 Å². The van der Waals surface area contributed by atoms with Gasteiger partial charge in [-0.3, -0.25) is 10.1 Å². The lowest BCUT2D eigenvalue weighted by molar-refractivity contribution is -0.384. The summed E-state index contributed by atoms with van der Waals surface area (Å²) in [5, 5.41) is 14.5. The fourth-order valence-corrected chi connectivity index (χ4v) is 3.45. The molecule has 0 aliphatic carbocycles. The lowest BCUT2D eigenvalue weighted by Crippen LogP contribution is -2.26. The molecule has 27 heavy (non-hydrogen) atoms. The standard InChI is InChI=1S/C17H16N4O5S/c1-12-3-9-15(10-4-12)27(24,25)20(2)11-16-18-17(19-26-16)13-5-7-14(8-6-13)21(22)23/h3-10H,11H2,1-2H3. The summed E-state index contributed by atoms with van der Waals surface area (Å²) in [5.41, 5.74) is 1.44. The van der Waals surface area contributed by atoms with E-state index in [1.807, 2.05) is 6.92 Å². The van der Waals surface area contributed by atoms with E-state index < -0.39 is 14.9 Å². The number of benzene rings is 2. The SMILES string of the molecule is Cc1ccc(S(=O)(=O)N(C)Cc2nc(-c3ccc([N+](=O)[O-])cc3)no2)cc1. The number of nitro benzene ring substituents is 1. The van der Waals surface area contributed by atoms with Crippen molar-refractivity contribution in [1.82, 2.24) is 14.4 Å². The summed E-state index contributed by atoms with van der Waals surface area (Å²) in [4.78, 5) is 14.5. The highest BCUT2D eigenvalue weighted by atomic mass is 32.2. The first-order chi connectivity index (χ1) is 12.8. The van der Waals surface area contributed by atoms with Gasteiger partial charge in [0.1, 0.15) is 0 Å². The van der Waals surface area contributed by atoms with Crippen molar-refractivity contribution in [2.24, 2.45) is 0 Å². The molecule has 3 rings (SSSR count). The zero-order valence-electron chi connectivity index (χ0n) is 14.6. The van der Waals surface area contributed by atoms with Gasteiger partial charge in [-0.15, -0.1) is 0 Å². The molecule has 0 aliphatic rings. The first-order valence-corrected chi connectivity index (χ1v) is 9.32. The highest BCUT2D eigenvalue weighted by molar-refractivity contribution is 7.89. The maximum atomic E-state index is 12.6. The predicted molar refractivity (Wildman–Crippen MR) is 96.2 cm³/mol. The van der Waals surface area contributed by atoms with E-state index >= 15 is 0 Å². The van der Waals surface area contributed by atoms with Gasteiger partial charge in [0, 0.05) is 24.7 Å². The second-order valence-electron chi connectivity index (χ2n) is 5.89. The van der Waals surface area contributed by atoms with Crippen molar-refractivity contribution in [3.8, 4) is 11.4 Å². The first-order valence-electron chi connectivity index (χ1n) is 7.88. The van der Waals surface area contributed by atoms with Crippen LogP contribution in [0.2, 0.25) is 0 Å². The van der Waals surface area contributed by atoms with Crippen LogP contribution < -0.4 is 0 Å². The molecule has 0 N–H and O–H groups in total. The Morgan fingerprint density at radius 1 is 1.11 bits per heavy atom. The minimum Gasteiger partial charge on any atom is -0.338 e. The van der Waals surface area contributed by atoms with Crippen LogP contribution in [0.15, 0.2) is 57.9 Å². The Hall–Kier alpha value is -3.11. The van der Waals surface area contributed by atoms with Gasteiger partial charge in [-0.25, -0.2) is 8.42 Å². The van der Waals surface area contributed by atoms with Gasteiger partial charge >= 0.3 is 0 Å². The number of sulfonamides is 1. The number of aromatic nitrogens is 2. The maximum absolute atomic E-state index is 12.6. The Morgan fingerprint density at radius 2 is 1.74 bits per heavy atom. The second-order valence-corrected chi connectivity index (χ2v) is 7.93. The molecule has 0 radical (unpaired) electrons. The molecule has 3 aromatic rings. The summed E-state index contributed by atoms with van der Waals surface area (Å²) < 4.78 is 31.4. The fourth-order valence-electron chi connectivity index (χ4n) is 2.33. The van der Waals surface area contributed by atoms with Gasteiger partial charge in [0.2, 0.25) is 21.7 Å². The quantitative estimate of drug-likeness (QED) is 0.470. The van der Waals surface area contributed by atoms with Crippen LogP contribution >= 0.6 is 0 Å². The molecule has 10 heteroatoms. The molecular formula is C17H16N4O5S. The van der Waals surface area contributed by atoms with Gasteiger partial charge in [0.05, 0.1) is 16.4 Å². The van der Waals surface area contributed by atoms with Crippen molar-refractivity contribution in [2.45, 2.75) is 18.4 Å². The molecule has 0 bridgehead atoms. The Labute approximate surface area is 155 Å². The molecule has 9 nitrogen and oxygen atoms in total. The molecule has 0 saturated heterocycles. The average Bonchev–Trinajstić information content (AvgIpc) is 3.10. The summed E-state index contributed by atoms with van der Waals surface area (Å²) in [5.74, 6) is 0.336. The van der Waals surface area contributed by atoms with Gasteiger partial charge in [-0.05, 0) is 31.2 Å². The van der Waals surface area contributed by atoms with E-state index in [9.17, 15) is 18.5 Å². The molecule has 1 aromatic heterocycles. The van der Waals surface area contributed by atoms with Gasteiger partial charge in [0.15, 0.2) is 0 Å². The van der Waals surface area contributed by atoms with Crippen LogP contribution in [0.4, 0.5) is 5.69 Å². The van der Waals surface area contributed by atoms with E-state index in [1.165, 1.54) is 43.4 Å². The summed E-state index contributed by atoms with van der Waals surface area (Å²) >= 11 is 0. The molecule has 140 valence electrons. The van der Waals surface area contributed by atoms with Crippen molar-refractivity contribution in [1.29, 1.82) is 0 Å². The molecule has 0 amide bonds. The molecule has 1 heterocycles. The second kappa shape index (κ2) is 7.25. The molecule has 0 aliphatic heterocycles. The van der Waals surface area contributed by atoms with E-state index in [0.717, 1.165) is 9.87 Å². The summed E-state index contributed by atoms with van der Waals surface area (Å²) in [7, 11) is -2.27. The Balaban J connectivity index is 1.76. The number of nitro groups is 1.